The zero-order valence-corrected chi connectivity index (χ0v) is 17.6. The molecule has 2 aromatic carbocycles. The van der Waals surface area contributed by atoms with Gasteiger partial charge in [0.2, 0.25) is 7.37 Å². The summed E-state index contributed by atoms with van der Waals surface area (Å²) in [6.07, 6.45) is 1.15. The highest BCUT2D eigenvalue weighted by atomic mass is 127. The summed E-state index contributed by atoms with van der Waals surface area (Å²) in [5.74, 6) is 0.333. The van der Waals surface area contributed by atoms with Gasteiger partial charge in [-0.2, -0.15) is 0 Å². The van der Waals surface area contributed by atoms with Crippen molar-refractivity contribution in [2.24, 2.45) is 0 Å². The van der Waals surface area contributed by atoms with E-state index in [1.807, 2.05) is 19.1 Å². The molecule has 0 saturated heterocycles. The number of rotatable bonds is 6. The fourth-order valence-electron chi connectivity index (χ4n) is 2.98. The van der Waals surface area contributed by atoms with E-state index in [0.717, 1.165) is 25.8 Å². The highest BCUT2D eigenvalue weighted by Crippen LogP contribution is 2.46. The fraction of sp³-hybridized carbons (Fsp3) is 0.368. The van der Waals surface area contributed by atoms with Crippen molar-refractivity contribution in [3.63, 3.8) is 0 Å². The SMILES string of the molecule is CCOP(C)(=O)Cc1cc(C)c(Cc2ccc(I)cc2O)c(C)c1. The summed E-state index contributed by atoms with van der Waals surface area (Å²) >= 11 is 2.19. The van der Waals surface area contributed by atoms with Crippen LogP contribution in [0.1, 0.15) is 34.7 Å². The van der Waals surface area contributed by atoms with E-state index in [1.54, 1.807) is 12.7 Å². The molecule has 0 amide bonds. The van der Waals surface area contributed by atoms with Crippen molar-refractivity contribution in [1.82, 2.24) is 0 Å². The van der Waals surface area contributed by atoms with Crippen LogP contribution in [0.3, 0.4) is 0 Å². The van der Waals surface area contributed by atoms with Crippen molar-refractivity contribution in [2.45, 2.75) is 33.4 Å². The van der Waals surface area contributed by atoms with Crippen LogP contribution in [0.25, 0.3) is 0 Å². The van der Waals surface area contributed by atoms with Crippen molar-refractivity contribution in [2.75, 3.05) is 13.3 Å². The third-order valence-corrected chi connectivity index (χ3v) is 6.46. The molecule has 0 aliphatic rings. The summed E-state index contributed by atoms with van der Waals surface area (Å²) in [6.45, 7) is 8.16. The third-order valence-electron chi connectivity index (χ3n) is 4.04. The van der Waals surface area contributed by atoms with Crippen molar-refractivity contribution >= 4 is 30.0 Å². The molecule has 1 N–H and O–H groups in total. The Morgan fingerprint density at radius 1 is 1.17 bits per heavy atom. The van der Waals surface area contributed by atoms with Crippen LogP contribution < -0.4 is 0 Å². The Hall–Kier alpha value is -0.840. The van der Waals surface area contributed by atoms with Gasteiger partial charge in [-0.3, -0.25) is 4.57 Å². The lowest BCUT2D eigenvalue weighted by Gasteiger charge is -2.17. The average Bonchev–Trinajstić information content (AvgIpc) is 2.44. The Balaban J connectivity index is 2.28. The minimum Gasteiger partial charge on any atom is -0.508 e. The van der Waals surface area contributed by atoms with Gasteiger partial charge in [-0.15, -0.1) is 0 Å². The molecule has 0 fully saturated rings. The van der Waals surface area contributed by atoms with Gasteiger partial charge < -0.3 is 9.63 Å². The maximum absolute atomic E-state index is 12.4. The van der Waals surface area contributed by atoms with E-state index in [-0.39, 0.29) is 0 Å². The van der Waals surface area contributed by atoms with Crippen LogP contribution in [0.15, 0.2) is 30.3 Å². The molecule has 130 valence electrons. The number of halogens is 1. The number of hydrogen-bond acceptors (Lipinski definition) is 3. The summed E-state index contributed by atoms with van der Waals surface area (Å²) < 4.78 is 18.8. The molecule has 5 heteroatoms. The van der Waals surface area contributed by atoms with Crippen LogP contribution in [-0.2, 0) is 21.7 Å². The van der Waals surface area contributed by atoms with Crippen LogP contribution in [-0.4, -0.2) is 18.4 Å². The normalized spacial score (nSPS) is 13.7. The van der Waals surface area contributed by atoms with Crippen molar-refractivity contribution in [1.29, 1.82) is 0 Å². The highest BCUT2D eigenvalue weighted by Gasteiger charge is 2.17. The quantitative estimate of drug-likeness (QED) is 0.450. The van der Waals surface area contributed by atoms with Gasteiger partial charge in [-0.1, -0.05) is 18.2 Å². The number of phenolic OH excluding ortho intramolecular Hbond substituents is 1. The number of aromatic hydroxyl groups is 1. The minimum absolute atomic E-state index is 0.333. The smallest absolute Gasteiger partial charge is 0.204 e. The van der Waals surface area contributed by atoms with Crippen LogP contribution in [0.5, 0.6) is 5.75 Å². The molecule has 0 aromatic heterocycles. The van der Waals surface area contributed by atoms with Crippen LogP contribution in [0, 0.1) is 17.4 Å². The molecule has 1 atom stereocenters. The molecule has 0 heterocycles. The zero-order valence-electron chi connectivity index (χ0n) is 14.6. The molecule has 1 unspecified atom stereocenters. The monoisotopic (exact) mass is 458 g/mol. The van der Waals surface area contributed by atoms with Crippen molar-refractivity contribution in [3.8, 4) is 5.75 Å². The second kappa shape index (κ2) is 8.03. The third kappa shape index (κ3) is 5.08. The van der Waals surface area contributed by atoms with Crippen LogP contribution in [0.4, 0.5) is 0 Å². The van der Waals surface area contributed by atoms with E-state index in [1.165, 1.54) is 5.56 Å². The van der Waals surface area contributed by atoms with E-state index >= 15 is 0 Å². The second-order valence-electron chi connectivity index (χ2n) is 6.25. The molecule has 0 radical (unpaired) electrons. The van der Waals surface area contributed by atoms with E-state index in [9.17, 15) is 9.67 Å². The van der Waals surface area contributed by atoms with Crippen molar-refractivity contribution in [3.05, 3.63) is 61.7 Å². The Morgan fingerprint density at radius 2 is 1.79 bits per heavy atom. The standard InChI is InChI=1S/C19H24IO3P/c1-5-23-24(4,22)12-15-8-13(2)18(14(3)9-15)10-16-6-7-17(20)11-19(16)21/h6-9,11,21H,5,10,12H2,1-4H3. The summed E-state index contributed by atoms with van der Waals surface area (Å²) in [5.41, 5.74) is 5.47. The summed E-state index contributed by atoms with van der Waals surface area (Å²) in [4.78, 5) is 0. The maximum atomic E-state index is 12.4. The van der Waals surface area contributed by atoms with Gasteiger partial charge in [0.1, 0.15) is 5.75 Å². The second-order valence-corrected chi connectivity index (χ2v) is 10.1. The van der Waals surface area contributed by atoms with Gasteiger partial charge >= 0.3 is 0 Å². The van der Waals surface area contributed by atoms with Gasteiger partial charge in [0.05, 0.1) is 6.61 Å². The first-order valence-corrected chi connectivity index (χ1v) is 11.3. The molecule has 3 nitrogen and oxygen atoms in total. The molecule has 0 bridgehead atoms. The lowest BCUT2D eigenvalue weighted by Crippen LogP contribution is -2.00. The van der Waals surface area contributed by atoms with Gasteiger partial charge in [0.25, 0.3) is 0 Å². The van der Waals surface area contributed by atoms with Crippen LogP contribution >= 0.6 is 30.0 Å². The number of phenols is 1. The lowest BCUT2D eigenvalue weighted by molar-refractivity contribution is 0.336. The predicted octanol–water partition coefficient (Wildman–Crippen LogP) is 5.65. The lowest BCUT2D eigenvalue weighted by atomic mass is 9.94. The Labute approximate surface area is 158 Å². The van der Waals surface area contributed by atoms with Crippen molar-refractivity contribution < 1.29 is 14.2 Å². The van der Waals surface area contributed by atoms with E-state index < -0.39 is 7.37 Å². The topological polar surface area (TPSA) is 46.5 Å². The predicted molar refractivity (Wildman–Crippen MR) is 108 cm³/mol. The number of benzene rings is 2. The first-order valence-electron chi connectivity index (χ1n) is 7.99. The highest BCUT2D eigenvalue weighted by molar-refractivity contribution is 14.1. The minimum atomic E-state index is -2.59. The molecule has 0 aliphatic carbocycles. The van der Waals surface area contributed by atoms with Gasteiger partial charge in [-0.05, 0) is 83.3 Å². The van der Waals surface area contributed by atoms with Crippen LogP contribution in [0.2, 0.25) is 0 Å². The molecule has 0 saturated carbocycles. The number of aryl methyl sites for hydroxylation is 2. The zero-order chi connectivity index (χ0) is 17.9. The molecule has 24 heavy (non-hydrogen) atoms. The van der Waals surface area contributed by atoms with Gasteiger partial charge in [-0.25, -0.2) is 0 Å². The summed E-state index contributed by atoms with van der Waals surface area (Å²) in [7, 11) is -2.59. The number of hydrogen-bond donors (Lipinski definition) is 1. The first kappa shape index (κ1) is 19.5. The first-order chi connectivity index (χ1) is 11.2. The van der Waals surface area contributed by atoms with E-state index in [4.69, 9.17) is 4.52 Å². The Kier molecular flexibility index (Phi) is 6.52. The fourth-order valence-corrected chi connectivity index (χ4v) is 4.94. The molecule has 2 aromatic rings. The maximum Gasteiger partial charge on any atom is 0.204 e. The van der Waals surface area contributed by atoms with Gasteiger partial charge in [0.15, 0.2) is 0 Å². The van der Waals surface area contributed by atoms with E-state index in [0.29, 0.717) is 24.9 Å². The largest absolute Gasteiger partial charge is 0.508 e. The molecule has 0 aliphatic heterocycles. The molecular weight excluding hydrogens is 434 g/mol. The van der Waals surface area contributed by atoms with Gasteiger partial charge in [0, 0.05) is 22.8 Å². The Morgan fingerprint density at radius 3 is 2.33 bits per heavy atom. The summed E-state index contributed by atoms with van der Waals surface area (Å²) in [5, 5.41) is 10.1. The molecular formula is C19H24IO3P. The average molecular weight is 458 g/mol. The molecule has 0 spiro atoms. The Bertz CT molecular complexity index is 763. The van der Waals surface area contributed by atoms with E-state index in [2.05, 4.69) is 48.6 Å². The molecule has 2 rings (SSSR count). The summed E-state index contributed by atoms with van der Waals surface area (Å²) in [6, 6.07) is 9.93.